The van der Waals surface area contributed by atoms with Crippen LogP contribution in [0.2, 0.25) is 10.0 Å². The lowest BCUT2D eigenvalue weighted by Gasteiger charge is -2.16. The average molecular weight is 380 g/mol. The summed E-state index contributed by atoms with van der Waals surface area (Å²) in [5.41, 5.74) is 0.584. The van der Waals surface area contributed by atoms with Gasteiger partial charge in [-0.2, -0.15) is 9.78 Å². The van der Waals surface area contributed by atoms with Gasteiger partial charge in [-0.1, -0.05) is 48.9 Å². The van der Waals surface area contributed by atoms with Gasteiger partial charge in [0.05, 0.1) is 16.9 Å². The van der Waals surface area contributed by atoms with Gasteiger partial charge in [0.2, 0.25) is 0 Å². The van der Waals surface area contributed by atoms with E-state index in [1.807, 2.05) is 0 Å². The van der Waals surface area contributed by atoms with Gasteiger partial charge in [0.25, 0.3) is 11.5 Å². The summed E-state index contributed by atoms with van der Waals surface area (Å²) in [5.74, 6) is -0.0899. The van der Waals surface area contributed by atoms with Gasteiger partial charge < -0.3 is 5.32 Å². The van der Waals surface area contributed by atoms with Gasteiger partial charge >= 0.3 is 0 Å². The molecule has 5 nitrogen and oxygen atoms in total. The highest BCUT2D eigenvalue weighted by molar-refractivity contribution is 6.41. The predicted molar refractivity (Wildman–Crippen MR) is 98.8 cm³/mol. The Morgan fingerprint density at radius 3 is 2.36 bits per heavy atom. The normalized spacial score (nSPS) is 15.6. The van der Waals surface area contributed by atoms with E-state index in [1.165, 1.54) is 19.0 Å². The maximum atomic E-state index is 12.4. The number of aromatic nitrogens is 2. The minimum absolute atomic E-state index is 0.0770. The Morgan fingerprint density at radius 1 is 1.08 bits per heavy atom. The van der Waals surface area contributed by atoms with Crippen LogP contribution in [0.3, 0.4) is 0 Å². The van der Waals surface area contributed by atoms with Crippen molar-refractivity contribution in [3.63, 3.8) is 0 Å². The van der Waals surface area contributed by atoms with E-state index < -0.39 is 5.56 Å². The number of benzene rings is 1. The second-order valence-corrected chi connectivity index (χ2v) is 7.02. The molecule has 2 aromatic rings. The second kappa shape index (κ2) is 8.02. The molecule has 1 heterocycles. The van der Waals surface area contributed by atoms with Crippen molar-refractivity contribution in [2.24, 2.45) is 0 Å². The van der Waals surface area contributed by atoms with Crippen LogP contribution in [0.1, 0.15) is 48.9 Å². The molecule has 0 aliphatic heterocycles. The van der Waals surface area contributed by atoms with Crippen LogP contribution < -0.4 is 10.9 Å². The highest BCUT2D eigenvalue weighted by Crippen LogP contribution is 2.18. The summed E-state index contributed by atoms with van der Waals surface area (Å²) in [6.45, 7) is 0. The number of amides is 1. The molecule has 132 valence electrons. The zero-order chi connectivity index (χ0) is 17.8. The summed E-state index contributed by atoms with van der Waals surface area (Å²) in [6, 6.07) is 6.94. The largest absolute Gasteiger partial charge is 0.349 e. The minimum atomic E-state index is -0.496. The van der Waals surface area contributed by atoms with E-state index in [9.17, 15) is 9.59 Å². The Labute approximate surface area is 155 Å². The molecule has 1 amide bonds. The van der Waals surface area contributed by atoms with Gasteiger partial charge in [0.1, 0.15) is 5.02 Å². The van der Waals surface area contributed by atoms with Crippen LogP contribution in [0.15, 0.2) is 35.3 Å². The van der Waals surface area contributed by atoms with Gasteiger partial charge in [-0.25, -0.2) is 0 Å². The molecule has 7 heteroatoms. The van der Waals surface area contributed by atoms with Gasteiger partial charge in [-0.3, -0.25) is 9.59 Å². The average Bonchev–Trinajstić information content (AvgIpc) is 2.89. The van der Waals surface area contributed by atoms with Crippen LogP contribution >= 0.6 is 23.2 Å². The number of nitrogens with zero attached hydrogens (tertiary/aromatic N) is 2. The first-order chi connectivity index (χ1) is 12.1. The van der Waals surface area contributed by atoms with Crippen LogP contribution in [0.25, 0.3) is 5.69 Å². The fourth-order valence-electron chi connectivity index (χ4n) is 3.04. The Balaban J connectivity index is 1.75. The summed E-state index contributed by atoms with van der Waals surface area (Å²) in [6.07, 6.45) is 8.20. The summed E-state index contributed by atoms with van der Waals surface area (Å²) >= 11 is 11.7. The fraction of sp³-hybridized carbons (Fsp3) is 0.389. The first kappa shape index (κ1) is 18.0. The number of halogens is 2. The molecule has 0 saturated heterocycles. The molecule has 3 rings (SSSR count). The van der Waals surface area contributed by atoms with Crippen molar-refractivity contribution in [3.8, 4) is 5.69 Å². The molecule has 1 aromatic heterocycles. The third kappa shape index (κ3) is 4.22. The van der Waals surface area contributed by atoms with E-state index in [0.717, 1.165) is 30.4 Å². The maximum Gasteiger partial charge on any atom is 0.291 e. The third-order valence-electron chi connectivity index (χ3n) is 4.44. The highest BCUT2D eigenvalue weighted by Gasteiger charge is 2.16. The van der Waals surface area contributed by atoms with E-state index in [4.69, 9.17) is 23.2 Å². The third-order valence-corrected chi connectivity index (χ3v) is 5.19. The molecule has 1 aliphatic carbocycles. The van der Waals surface area contributed by atoms with Crippen LogP contribution in [0, 0.1) is 0 Å². The van der Waals surface area contributed by atoms with Crippen molar-refractivity contribution < 1.29 is 4.79 Å². The number of carbonyl (C=O) groups is 1. The highest BCUT2D eigenvalue weighted by atomic mass is 35.5. The van der Waals surface area contributed by atoms with Gasteiger partial charge in [0.15, 0.2) is 0 Å². The molecule has 1 aromatic carbocycles. The van der Waals surface area contributed by atoms with Crippen molar-refractivity contribution in [2.75, 3.05) is 0 Å². The topological polar surface area (TPSA) is 64.0 Å². The number of nitrogens with one attached hydrogen (secondary N) is 1. The summed E-state index contributed by atoms with van der Waals surface area (Å²) in [5, 5.41) is 7.11. The van der Waals surface area contributed by atoms with Crippen LogP contribution in [0.4, 0.5) is 0 Å². The number of hydrogen-bond donors (Lipinski definition) is 1. The smallest absolute Gasteiger partial charge is 0.291 e. The molecule has 1 N–H and O–H groups in total. The van der Waals surface area contributed by atoms with E-state index in [1.54, 1.807) is 24.3 Å². The molecule has 1 aliphatic rings. The molecule has 0 radical (unpaired) electrons. The summed E-state index contributed by atoms with van der Waals surface area (Å²) in [7, 11) is 0. The quantitative estimate of drug-likeness (QED) is 0.819. The lowest BCUT2D eigenvalue weighted by molar-refractivity contribution is 0.0933. The first-order valence-electron chi connectivity index (χ1n) is 8.41. The van der Waals surface area contributed by atoms with E-state index in [2.05, 4.69) is 10.4 Å². The van der Waals surface area contributed by atoms with Crippen LogP contribution in [0.5, 0.6) is 0 Å². The first-order valence-corrected chi connectivity index (χ1v) is 9.16. The van der Waals surface area contributed by atoms with Crippen molar-refractivity contribution in [1.29, 1.82) is 0 Å². The number of hydrogen-bond acceptors (Lipinski definition) is 3. The van der Waals surface area contributed by atoms with Gasteiger partial charge in [0, 0.05) is 11.6 Å². The van der Waals surface area contributed by atoms with Crippen molar-refractivity contribution >= 4 is 29.1 Å². The molecular formula is C18H19Cl2N3O2. The zero-order valence-corrected chi connectivity index (χ0v) is 15.2. The summed E-state index contributed by atoms with van der Waals surface area (Å²) < 4.78 is 1.15. The van der Waals surface area contributed by atoms with E-state index in [0.29, 0.717) is 11.3 Å². The Kier molecular flexibility index (Phi) is 5.76. The number of rotatable bonds is 3. The fourth-order valence-corrected chi connectivity index (χ4v) is 3.30. The second-order valence-electron chi connectivity index (χ2n) is 6.23. The Morgan fingerprint density at radius 2 is 1.72 bits per heavy atom. The van der Waals surface area contributed by atoms with Crippen molar-refractivity contribution in [1.82, 2.24) is 15.1 Å². The predicted octanol–water partition coefficient (Wildman–Crippen LogP) is 3.99. The molecule has 1 saturated carbocycles. The molecule has 0 bridgehead atoms. The molecule has 25 heavy (non-hydrogen) atoms. The molecule has 0 atom stereocenters. The summed E-state index contributed by atoms with van der Waals surface area (Å²) in [4.78, 5) is 24.5. The molecule has 0 unspecified atom stereocenters. The Bertz CT molecular complexity index is 810. The lowest BCUT2D eigenvalue weighted by atomic mass is 10.1. The monoisotopic (exact) mass is 379 g/mol. The van der Waals surface area contributed by atoms with Crippen LogP contribution in [-0.4, -0.2) is 21.7 Å². The maximum absolute atomic E-state index is 12.4. The van der Waals surface area contributed by atoms with Gasteiger partial charge in [-0.15, -0.1) is 0 Å². The molecule has 1 fully saturated rings. The number of carbonyl (C=O) groups excluding carboxylic acids is 1. The van der Waals surface area contributed by atoms with E-state index >= 15 is 0 Å². The van der Waals surface area contributed by atoms with Crippen molar-refractivity contribution in [3.05, 3.63) is 56.4 Å². The standard InChI is InChI=1S/C18H19Cl2N3O2/c19-15-11-21-23(18(25)16(15)20)14-9-7-12(8-10-14)17(24)22-13-5-3-1-2-4-6-13/h7-11,13H,1-6H2,(H,22,24). The van der Waals surface area contributed by atoms with Crippen LogP contribution in [-0.2, 0) is 0 Å². The van der Waals surface area contributed by atoms with Crippen molar-refractivity contribution in [2.45, 2.75) is 44.6 Å². The minimum Gasteiger partial charge on any atom is -0.349 e. The zero-order valence-electron chi connectivity index (χ0n) is 13.7. The molecule has 0 spiro atoms. The van der Waals surface area contributed by atoms with Gasteiger partial charge in [-0.05, 0) is 37.1 Å². The molecular weight excluding hydrogens is 361 g/mol. The SMILES string of the molecule is O=C(NC1CCCCCC1)c1ccc(-n2ncc(Cl)c(Cl)c2=O)cc1. The lowest BCUT2D eigenvalue weighted by Crippen LogP contribution is -2.34. The van der Waals surface area contributed by atoms with E-state index in [-0.39, 0.29) is 22.0 Å². The Hall–Kier alpha value is -1.85.